The van der Waals surface area contributed by atoms with Gasteiger partial charge >= 0.3 is 5.97 Å². The first-order valence-corrected chi connectivity index (χ1v) is 4.52. The molecule has 1 aromatic carbocycles. The molecule has 0 spiro atoms. The van der Waals surface area contributed by atoms with Crippen molar-refractivity contribution in [2.24, 2.45) is 0 Å². The summed E-state index contributed by atoms with van der Waals surface area (Å²) in [6, 6.07) is 8.20. The van der Waals surface area contributed by atoms with Crippen molar-refractivity contribution in [1.29, 1.82) is 5.41 Å². The van der Waals surface area contributed by atoms with Crippen molar-refractivity contribution in [1.82, 2.24) is 0 Å². The van der Waals surface area contributed by atoms with E-state index in [0.29, 0.717) is 5.56 Å². The molecule has 1 aromatic rings. The number of ketones is 1. The minimum absolute atomic E-state index is 0.156. The van der Waals surface area contributed by atoms with Gasteiger partial charge in [-0.2, -0.15) is 0 Å². The minimum Gasteiger partial charge on any atom is -0.461 e. The van der Waals surface area contributed by atoms with Crippen LogP contribution in [0, 0.1) is 5.41 Å². The average Bonchev–Trinajstić information content (AvgIpc) is 2.28. The summed E-state index contributed by atoms with van der Waals surface area (Å²) in [6.45, 7) is 1.78. The Kier molecular flexibility index (Phi) is 3.74. The topological polar surface area (TPSA) is 67.2 Å². The van der Waals surface area contributed by atoms with Crippen LogP contribution in [0.25, 0.3) is 0 Å². The fourth-order valence-corrected chi connectivity index (χ4v) is 1.03. The van der Waals surface area contributed by atoms with Crippen LogP contribution < -0.4 is 0 Å². The number of benzene rings is 1. The van der Waals surface area contributed by atoms with E-state index in [9.17, 15) is 9.59 Å². The molecule has 0 saturated carbocycles. The lowest BCUT2D eigenvalue weighted by molar-refractivity contribution is -0.134. The van der Waals surface area contributed by atoms with Gasteiger partial charge in [-0.3, -0.25) is 10.2 Å². The Bertz CT molecular complexity index is 384. The van der Waals surface area contributed by atoms with Gasteiger partial charge in [0.1, 0.15) is 0 Å². The van der Waals surface area contributed by atoms with Crippen LogP contribution >= 0.6 is 0 Å². The second-order valence-electron chi connectivity index (χ2n) is 2.79. The third-order valence-corrected chi connectivity index (χ3v) is 1.74. The van der Waals surface area contributed by atoms with Crippen LogP contribution in [0.15, 0.2) is 30.3 Å². The first kappa shape index (κ1) is 11.1. The standard InChI is InChI=1S/C11H11NO3/c1-2-15-11(14)9(12)10(13)8-6-4-3-5-7-8/h3-7,12H,2H2,1H3. The molecular weight excluding hydrogens is 194 g/mol. The van der Waals surface area contributed by atoms with Crippen LogP contribution in [-0.4, -0.2) is 24.1 Å². The van der Waals surface area contributed by atoms with E-state index in [2.05, 4.69) is 4.74 Å². The molecule has 78 valence electrons. The highest BCUT2D eigenvalue weighted by Crippen LogP contribution is 2.01. The Balaban J connectivity index is 2.78. The first-order valence-electron chi connectivity index (χ1n) is 4.52. The summed E-state index contributed by atoms with van der Waals surface area (Å²) >= 11 is 0. The lowest BCUT2D eigenvalue weighted by atomic mass is 10.1. The summed E-state index contributed by atoms with van der Waals surface area (Å²) in [7, 11) is 0. The molecule has 0 aliphatic heterocycles. The molecule has 0 unspecified atom stereocenters. The highest BCUT2D eigenvalue weighted by Gasteiger charge is 2.20. The maximum atomic E-state index is 11.5. The third-order valence-electron chi connectivity index (χ3n) is 1.74. The van der Waals surface area contributed by atoms with E-state index in [1.54, 1.807) is 37.3 Å². The lowest BCUT2D eigenvalue weighted by Gasteiger charge is -2.02. The van der Waals surface area contributed by atoms with Gasteiger partial charge in [0, 0.05) is 5.56 Å². The van der Waals surface area contributed by atoms with Crippen molar-refractivity contribution < 1.29 is 14.3 Å². The van der Waals surface area contributed by atoms with Gasteiger partial charge in [-0.25, -0.2) is 4.79 Å². The smallest absolute Gasteiger partial charge is 0.360 e. The number of ether oxygens (including phenoxy) is 1. The number of carbonyl (C=O) groups is 2. The zero-order valence-corrected chi connectivity index (χ0v) is 8.32. The van der Waals surface area contributed by atoms with Crippen molar-refractivity contribution in [2.45, 2.75) is 6.92 Å². The Hall–Kier alpha value is -1.97. The summed E-state index contributed by atoms with van der Waals surface area (Å²) in [5.41, 5.74) is -0.321. The second kappa shape index (κ2) is 5.05. The molecule has 0 radical (unpaired) electrons. The van der Waals surface area contributed by atoms with E-state index in [-0.39, 0.29) is 6.61 Å². The molecule has 1 N–H and O–H groups in total. The average molecular weight is 205 g/mol. The Morgan fingerprint density at radius 2 is 1.87 bits per heavy atom. The summed E-state index contributed by atoms with van der Waals surface area (Å²) in [5.74, 6) is -1.50. The summed E-state index contributed by atoms with van der Waals surface area (Å²) in [6.07, 6.45) is 0. The zero-order valence-electron chi connectivity index (χ0n) is 8.32. The molecule has 0 aromatic heterocycles. The molecule has 1 rings (SSSR count). The van der Waals surface area contributed by atoms with Gasteiger partial charge in [0.25, 0.3) is 0 Å². The van der Waals surface area contributed by atoms with Crippen LogP contribution in [0.3, 0.4) is 0 Å². The number of esters is 1. The molecule has 0 saturated heterocycles. The van der Waals surface area contributed by atoms with Gasteiger partial charge in [0.05, 0.1) is 6.61 Å². The fourth-order valence-electron chi connectivity index (χ4n) is 1.03. The van der Waals surface area contributed by atoms with Gasteiger partial charge in [-0.1, -0.05) is 30.3 Å². The van der Waals surface area contributed by atoms with Crippen LogP contribution in [0.1, 0.15) is 17.3 Å². The molecule has 0 aliphatic carbocycles. The van der Waals surface area contributed by atoms with Crippen LogP contribution in [0.5, 0.6) is 0 Å². The van der Waals surface area contributed by atoms with E-state index in [0.717, 1.165) is 0 Å². The van der Waals surface area contributed by atoms with E-state index in [4.69, 9.17) is 5.41 Å². The lowest BCUT2D eigenvalue weighted by Crippen LogP contribution is -2.25. The monoisotopic (exact) mass is 205 g/mol. The SMILES string of the molecule is CCOC(=O)C(=N)C(=O)c1ccccc1. The van der Waals surface area contributed by atoms with Crippen LogP contribution in [0.2, 0.25) is 0 Å². The van der Waals surface area contributed by atoms with E-state index in [1.807, 2.05) is 0 Å². The van der Waals surface area contributed by atoms with E-state index >= 15 is 0 Å². The maximum Gasteiger partial charge on any atom is 0.360 e. The predicted molar refractivity (Wildman–Crippen MR) is 55.1 cm³/mol. The number of hydrogen-bond acceptors (Lipinski definition) is 4. The van der Waals surface area contributed by atoms with E-state index in [1.165, 1.54) is 0 Å². The van der Waals surface area contributed by atoms with Gasteiger partial charge in [0.2, 0.25) is 5.78 Å². The molecule has 0 fully saturated rings. The fraction of sp³-hybridized carbons (Fsp3) is 0.182. The minimum atomic E-state index is -0.883. The maximum absolute atomic E-state index is 11.5. The van der Waals surface area contributed by atoms with Crippen LogP contribution in [0.4, 0.5) is 0 Å². The number of carbonyl (C=O) groups excluding carboxylic acids is 2. The summed E-state index contributed by atoms with van der Waals surface area (Å²) in [4.78, 5) is 22.6. The van der Waals surface area contributed by atoms with Crippen molar-refractivity contribution in [3.8, 4) is 0 Å². The molecule has 15 heavy (non-hydrogen) atoms. The van der Waals surface area contributed by atoms with Crippen LogP contribution in [-0.2, 0) is 9.53 Å². The second-order valence-corrected chi connectivity index (χ2v) is 2.79. The van der Waals surface area contributed by atoms with Crippen molar-refractivity contribution in [3.63, 3.8) is 0 Å². The highest BCUT2D eigenvalue weighted by molar-refractivity contribution is 6.66. The largest absolute Gasteiger partial charge is 0.461 e. The molecule has 0 bridgehead atoms. The zero-order chi connectivity index (χ0) is 11.3. The molecule has 0 heterocycles. The van der Waals surface area contributed by atoms with Gasteiger partial charge < -0.3 is 4.74 Å². The Morgan fingerprint density at radius 3 is 2.40 bits per heavy atom. The number of nitrogens with one attached hydrogen (secondary N) is 1. The van der Waals surface area contributed by atoms with Crippen molar-refractivity contribution >= 4 is 17.5 Å². The summed E-state index contributed by atoms with van der Waals surface area (Å²) in [5, 5.41) is 7.32. The van der Waals surface area contributed by atoms with Gasteiger partial charge in [-0.15, -0.1) is 0 Å². The molecule has 0 aliphatic rings. The number of rotatable bonds is 4. The third kappa shape index (κ3) is 2.74. The Morgan fingerprint density at radius 1 is 1.27 bits per heavy atom. The van der Waals surface area contributed by atoms with Crippen molar-refractivity contribution in [2.75, 3.05) is 6.61 Å². The number of hydrogen-bond donors (Lipinski definition) is 1. The van der Waals surface area contributed by atoms with Gasteiger partial charge in [-0.05, 0) is 6.92 Å². The molecular formula is C11H11NO3. The normalized spacial score (nSPS) is 9.40. The molecule has 0 amide bonds. The summed E-state index contributed by atoms with van der Waals surface area (Å²) < 4.78 is 4.56. The van der Waals surface area contributed by atoms with E-state index < -0.39 is 17.5 Å². The van der Waals surface area contributed by atoms with Gasteiger partial charge in [0.15, 0.2) is 5.71 Å². The first-order chi connectivity index (χ1) is 7.16. The Labute approximate surface area is 87.4 Å². The highest BCUT2D eigenvalue weighted by atomic mass is 16.5. The van der Waals surface area contributed by atoms with Crippen molar-refractivity contribution in [3.05, 3.63) is 35.9 Å². The number of Topliss-reactive ketones (excluding diaryl/α,β-unsaturated/α-hetero) is 1. The quantitative estimate of drug-likeness (QED) is 0.350. The molecule has 4 heteroatoms. The molecule has 4 nitrogen and oxygen atoms in total. The predicted octanol–water partition coefficient (Wildman–Crippen LogP) is 1.45. The molecule has 0 atom stereocenters.